The van der Waals surface area contributed by atoms with E-state index in [0.717, 1.165) is 11.1 Å². The summed E-state index contributed by atoms with van der Waals surface area (Å²) in [6.45, 7) is 8.87. The molecular formula is C11H18O2. The zero-order chi connectivity index (χ0) is 10.6. The zero-order valence-corrected chi connectivity index (χ0v) is 9.10. The van der Waals surface area contributed by atoms with E-state index in [4.69, 9.17) is 0 Å². The van der Waals surface area contributed by atoms with Crippen LogP contribution >= 0.6 is 0 Å². The lowest BCUT2D eigenvalue weighted by Crippen LogP contribution is -2.12. The normalized spacial score (nSPS) is 14.8. The summed E-state index contributed by atoms with van der Waals surface area (Å²) in [4.78, 5) is 22.4. The Kier molecular flexibility index (Phi) is 4.60. The lowest BCUT2D eigenvalue weighted by Gasteiger charge is -2.11. The van der Waals surface area contributed by atoms with Gasteiger partial charge in [-0.3, -0.25) is 9.59 Å². The van der Waals surface area contributed by atoms with Crippen molar-refractivity contribution in [3.05, 3.63) is 11.1 Å². The van der Waals surface area contributed by atoms with Gasteiger partial charge in [0.2, 0.25) is 0 Å². The molecule has 0 spiro atoms. The minimum absolute atomic E-state index is 0.112. The summed E-state index contributed by atoms with van der Waals surface area (Å²) in [5, 5.41) is 0. The Labute approximate surface area is 80.0 Å². The van der Waals surface area contributed by atoms with Crippen molar-refractivity contribution in [3.63, 3.8) is 0 Å². The molecule has 0 aromatic heterocycles. The third kappa shape index (κ3) is 3.13. The van der Waals surface area contributed by atoms with Gasteiger partial charge in [-0.2, -0.15) is 0 Å². The standard InChI is InChI=1S/C11H18O2/c1-6-11(13)9(4)7(2)8(3)10(5)12/h8H,6H2,1-5H3. The van der Waals surface area contributed by atoms with Crippen LogP contribution in [0.3, 0.4) is 0 Å². The minimum Gasteiger partial charge on any atom is -0.299 e. The van der Waals surface area contributed by atoms with Crippen molar-refractivity contribution in [3.8, 4) is 0 Å². The third-order valence-corrected chi connectivity index (χ3v) is 2.59. The van der Waals surface area contributed by atoms with Crippen LogP contribution in [-0.4, -0.2) is 11.6 Å². The van der Waals surface area contributed by atoms with E-state index < -0.39 is 0 Å². The minimum atomic E-state index is -0.129. The van der Waals surface area contributed by atoms with Crippen molar-refractivity contribution in [2.45, 2.75) is 41.0 Å². The summed E-state index contributed by atoms with van der Waals surface area (Å²) < 4.78 is 0. The van der Waals surface area contributed by atoms with Crippen LogP contribution in [-0.2, 0) is 9.59 Å². The van der Waals surface area contributed by atoms with Gasteiger partial charge < -0.3 is 0 Å². The highest BCUT2D eigenvalue weighted by atomic mass is 16.1. The van der Waals surface area contributed by atoms with Crippen molar-refractivity contribution in [2.24, 2.45) is 5.92 Å². The molecule has 0 aliphatic rings. The Morgan fingerprint density at radius 3 is 1.92 bits per heavy atom. The molecule has 0 bridgehead atoms. The first kappa shape index (κ1) is 12.1. The number of ketones is 2. The average molecular weight is 182 g/mol. The molecule has 0 fully saturated rings. The van der Waals surface area contributed by atoms with Crippen LogP contribution in [0.5, 0.6) is 0 Å². The number of rotatable bonds is 4. The quantitative estimate of drug-likeness (QED) is 0.626. The second-order valence-corrected chi connectivity index (χ2v) is 3.42. The predicted molar refractivity (Wildman–Crippen MR) is 53.5 cm³/mol. The number of Topliss-reactive ketones (excluding diaryl/α,β-unsaturated/α-hetero) is 2. The van der Waals surface area contributed by atoms with Crippen molar-refractivity contribution in [1.82, 2.24) is 0 Å². The topological polar surface area (TPSA) is 34.1 Å². The van der Waals surface area contributed by atoms with Crippen molar-refractivity contribution >= 4 is 11.6 Å². The van der Waals surface area contributed by atoms with Crippen LogP contribution in [0.4, 0.5) is 0 Å². The molecule has 2 heteroatoms. The van der Waals surface area contributed by atoms with Crippen LogP contribution < -0.4 is 0 Å². The van der Waals surface area contributed by atoms with Gasteiger partial charge in [-0.15, -0.1) is 0 Å². The summed E-state index contributed by atoms with van der Waals surface area (Å²) in [6, 6.07) is 0. The fourth-order valence-corrected chi connectivity index (χ4v) is 1.11. The molecule has 1 unspecified atom stereocenters. The van der Waals surface area contributed by atoms with Gasteiger partial charge in [0.25, 0.3) is 0 Å². The van der Waals surface area contributed by atoms with Crippen LogP contribution in [0, 0.1) is 5.92 Å². The monoisotopic (exact) mass is 182 g/mol. The Bertz CT molecular complexity index is 249. The molecule has 2 nitrogen and oxygen atoms in total. The second-order valence-electron chi connectivity index (χ2n) is 3.42. The second kappa shape index (κ2) is 4.95. The van der Waals surface area contributed by atoms with E-state index in [9.17, 15) is 9.59 Å². The molecule has 0 aliphatic heterocycles. The van der Waals surface area contributed by atoms with Gasteiger partial charge in [0.05, 0.1) is 0 Å². The van der Waals surface area contributed by atoms with E-state index in [1.54, 1.807) is 13.8 Å². The molecule has 0 N–H and O–H groups in total. The maximum atomic E-state index is 11.3. The summed E-state index contributed by atoms with van der Waals surface area (Å²) in [5.74, 6) is 0.113. The molecule has 0 saturated carbocycles. The highest BCUT2D eigenvalue weighted by molar-refractivity contribution is 5.96. The van der Waals surface area contributed by atoms with Crippen LogP contribution in [0.15, 0.2) is 11.1 Å². The zero-order valence-electron chi connectivity index (χ0n) is 9.10. The van der Waals surface area contributed by atoms with Gasteiger partial charge in [-0.25, -0.2) is 0 Å². The summed E-state index contributed by atoms with van der Waals surface area (Å²) >= 11 is 0. The van der Waals surface area contributed by atoms with Crippen molar-refractivity contribution < 1.29 is 9.59 Å². The average Bonchev–Trinajstić information content (AvgIpc) is 2.12. The van der Waals surface area contributed by atoms with Crippen molar-refractivity contribution in [2.75, 3.05) is 0 Å². The Morgan fingerprint density at radius 2 is 1.62 bits per heavy atom. The molecular weight excluding hydrogens is 164 g/mol. The van der Waals surface area contributed by atoms with E-state index >= 15 is 0 Å². The maximum Gasteiger partial charge on any atom is 0.158 e. The molecule has 13 heavy (non-hydrogen) atoms. The van der Waals surface area contributed by atoms with E-state index in [1.807, 2.05) is 20.8 Å². The molecule has 0 radical (unpaired) electrons. The van der Waals surface area contributed by atoms with Crippen molar-refractivity contribution in [1.29, 1.82) is 0 Å². The van der Waals surface area contributed by atoms with E-state index in [1.165, 1.54) is 0 Å². The SMILES string of the molecule is CCC(=O)C(C)=C(C)C(C)C(C)=O. The fraction of sp³-hybridized carbons (Fsp3) is 0.636. The van der Waals surface area contributed by atoms with Gasteiger partial charge in [0, 0.05) is 12.3 Å². The van der Waals surface area contributed by atoms with Gasteiger partial charge in [-0.05, 0) is 26.3 Å². The molecule has 0 saturated heterocycles. The number of hydrogen-bond acceptors (Lipinski definition) is 2. The highest BCUT2D eigenvalue weighted by Gasteiger charge is 2.14. The van der Waals surface area contributed by atoms with Gasteiger partial charge in [-0.1, -0.05) is 19.4 Å². The maximum absolute atomic E-state index is 11.3. The van der Waals surface area contributed by atoms with Crippen LogP contribution in [0.25, 0.3) is 0 Å². The largest absolute Gasteiger partial charge is 0.299 e. The Balaban J connectivity index is 4.80. The number of hydrogen-bond donors (Lipinski definition) is 0. The summed E-state index contributed by atoms with van der Waals surface area (Å²) in [6.07, 6.45) is 0.508. The lowest BCUT2D eigenvalue weighted by molar-refractivity contribution is -0.119. The first-order valence-electron chi connectivity index (χ1n) is 4.62. The van der Waals surface area contributed by atoms with E-state index in [-0.39, 0.29) is 17.5 Å². The van der Waals surface area contributed by atoms with Gasteiger partial charge >= 0.3 is 0 Å². The molecule has 0 amide bonds. The number of carbonyl (C=O) groups is 2. The van der Waals surface area contributed by atoms with Gasteiger partial charge in [0.15, 0.2) is 5.78 Å². The first-order chi connectivity index (χ1) is 5.91. The number of allylic oxidation sites excluding steroid dienone is 2. The van der Waals surface area contributed by atoms with Crippen LogP contribution in [0.2, 0.25) is 0 Å². The molecule has 0 rings (SSSR count). The fourth-order valence-electron chi connectivity index (χ4n) is 1.11. The number of carbonyl (C=O) groups excluding carboxylic acids is 2. The Morgan fingerprint density at radius 1 is 1.15 bits per heavy atom. The van der Waals surface area contributed by atoms with Crippen LogP contribution in [0.1, 0.15) is 41.0 Å². The molecule has 0 aliphatic carbocycles. The predicted octanol–water partition coefficient (Wildman–Crippen LogP) is 2.53. The van der Waals surface area contributed by atoms with E-state index in [0.29, 0.717) is 6.42 Å². The molecule has 1 atom stereocenters. The summed E-state index contributed by atoms with van der Waals surface area (Å²) in [5.41, 5.74) is 1.64. The molecule has 0 heterocycles. The molecule has 0 aromatic rings. The third-order valence-electron chi connectivity index (χ3n) is 2.59. The summed E-state index contributed by atoms with van der Waals surface area (Å²) in [7, 11) is 0. The molecule has 0 aromatic carbocycles. The lowest BCUT2D eigenvalue weighted by atomic mass is 9.92. The van der Waals surface area contributed by atoms with Gasteiger partial charge in [0.1, 0.15) is 5.78 Å². The highest BCUT2D eigenvalue weighted by Crippen LogP contribution is 2.16. The Hall–Kier alpha value is -0.920. The molecule has 74 valence electrons. The first-order valence-corrected chi connectivity index (χ1v) is 4.62. The van der Waals surface area contributed by atoms with E-state index in [2.05, 4.69) is 0 Å². The smallest absolute Gasteiger partial charge is 0.158 e.